The van der Waals surface area contributed by atoms with E-state index < -0.39 is 16.1 Å². The van der Waals surface area contributed by atoms with Gasteiger partial charge >= 0.3 is 0 Å². The number of benzene rings is 2. The quantitative estimate of drug-likeness (QED) is 0.608. The zero-order valence-corrected chi connectivity index (χ0v) is 19.7. The average Bonchev–Trinajstić information content (AvgIpc) is 2.77. The number of carbonyl (C=O) groups excluding carboxylic acids is 1. The zero-order chi connectivity index (χ0) is 23.0. The molecular formula is C23H25ClN4O3S. The molecule has 0 saturated carbocycles. The fraction of sp³-hybridized carbons (Fsp3) is 0.304. The Morgan fingerprint density at radius 3 is 2.72 bits per heavy atom. The summed E-state index contributed by atoms with van der Waals surface area (Å²) in [7, 11) is -2.20. The van der Waals surface area contributed by atoms with Crippen LogP contribution in [0.3, 0.4) is 0 Å². The maximum Gasteiger partial charge on any atom is 0.282 e. The number of rotatable bonds is 5. The normalized spacial score (nSPS) is 17.0. The summed E-state index contributed by atoms with van der Waals surface area (Å²) in [5.41, 5.74) is 2.08. The number of nitrogens with one attached hydrogen (secondary N) is 1. The molecule has 32 heavy (non-hydrogen) atoms. The number of fused-ring (bicyclic) bond motifs is 2. The van der Waals surface area contributed by atoms with Gasteiger partial charge in [0.25, 0.3) is 10.2 Å². The number of aromatic nitrogens is 1. The first-order valence-electron chi connectivity index (χ1n) is 10.3. The Balaban J connectivity index is 1.71. The molecule has 1 atom stereocenters. The topological polar surface area (TPSA) is 82.6 Å². The second-order valence-corrected chi connectivity index (χ2v) is 10.6. The van der Waals surface area contributed by atoms with Crippen molar-refractivity contribution in [2.24, 2.45) is 0 Å². The fourth-order valence-corrected chi connectivity index (χ4v) is 5.59. The van der Waals surface area contributed by atoms with Crippen LogP contribution in [0.5, 0.6) is 0 Å². The molecule has 7 nitrogen and oxygen atoms in total. The molecule has 1 aliphatic rings. The maximum atomic E-state index is 13.4. The number of anilines is 1. The van der Waals surface area contributed by atoms with Gasteiger partial charge in [0.05, 0.1) is 17.8 Å². The van der Waals surface area contributed by atoms with Gasteiger partial charge in [-0.3, -0.25) is 9.78 Å². The van der Waals surface area contributed by atoms with Crippen molar-refractivity contribution in [1.82, 2.24) is 13.6 Å². The predicted molar refractivity (Wildman–Crippen MR) is 127 cm³/mol. The van der Waals surface area contributed by atoms with E-state index in [1.54, 1.807) is 37.6 Å². The van der Waals surface area contributed by atoms with E-state index in [9.17, 15) is 13.2 Å². The first kappa shape index (κ1) is 22.7. The smallest absolute Gasteiger partial charge is 0.282 e. The first-order valence-corrected chi connectivity index (χ1v) is 12.1. The molecule has 0 fully saturated rings. The van der Waals surface area contributed by atoms with E-state index in [1.807, 2.05) is 38.1 Å². The molecule has 168 valence electrons. The van der Waals surface area contributed by atoms with E-state index in [1.165, 1.54) is 8.61 Å². The Morgan fingerprint density at radius 1 is 1.22 bits per heavy atom. The van der Waals surface area contributed by atoms with Crippen molar-refractivity contribution in [3.63, 3.8) is 0 Å². The van der Waals surface area contributed by atoms with Crippen LogP contribution in [-0.2, 0) is 21.5 Å². The van der Waals surface area contributed by atoms with Crippen molar-refractivity contribution >= 4 is 44.2 Å². The monoisotopic (exact) mass is 472 g/mol. The van der Waals surface area contributed by atoms with Crippen LogP contribution >= 0.6 is 11.6 Å². The van der Waals surface area contributed by atoms with Crippen molar-refractivity contribution in [2.75, 3.05) is 18.9 Å². The van der Waals surface area contributed by atoms with Gasteiger partial charge in [-0.15, -0.1) is 0 Å². The number of halogens is 1. The summed E-state index contributed by atoms with van der Waals surface area (Å²) in [5.74, 6) is -1.02. The number of nitrogens with zero attached hydrogens (tertiary/aromatic N) is 3. The van der Waals surface area contributed by atoms with Gasteiger partial charge in [-0.2, -0.15) is 17.0 Å². The lowest BCUT2D eigenvalue weighted by atomic mass is 9.90. The summed E-state index contributed by atoms with van der Waals surface area (Å²) in [6, 6.07) is 12.7. The molecule has 3 aromatic rings. The largest absolute Gasteiger partial charge is 0.324 e. The fourth-order valence-electron chi connectivity index (χ4n) is 3.88. The molecule has 1 N–H and O–H groups in total. The number of amides is 1. The van der Waals surface area contributed by atoms with Crippen molar-refractivity contribution in [1.29, 1.82) is 0 Å². The van der Waals surface area contributed by atoms with Gasteiger partial charge in [-0.05, 0) is 37.1 Å². The minimum Gasteiger partial charge on any atom is -0.324 e. The van der Waals surface area contributed by atoms with Crippen molar-refractivity contribution in [2.45, 2.75) is 32.4 Å². The highest BCUT2D eigenvalue weighted by atomic mass is 35.5. The van der Waals surface area contributed by atoms with Gasteiger partial charge < -0.3 is 5.32 Å². The molecule has 0 bridgehead atoms. The van der Waals surface area contributed by atoms with Gasteiger partial charge in [0, 0.05) is 48.2 Å². The second kappa shape index (κ2) is 8.78. The lowest BCUT2D eigenvalue weighted by Crippen LogP contribution is -2.49. The third-order valence-corrected chi connectivity index (χ3v) is 8.19. The molecule has 0 radical (unpaired) electrons. The maximum absolute atomic E-state index is 13.4. The zero-order valence-electron chi connectivity index (χ0n) is 18.1. The number of pyridine rings is 1. The second-order valence-electron chi connectivity index (χ2n) is 8.20. The summed E-state index contributed by atoms with van der Waals surface area (Å²) >= 11 is 6.22. The Bertz CT molecular complexity index is 1270. The SMILES string of the molecule is CC(C)N(C)S(=O)(=O)N1Cc2ccc(Cl)cc2C(C(=O)Nc2cncc3ccccc23)C1. The molecule has 0 spiro atoms. The molecule has 0 aliphatic carbocycles. The lowest BCUT2D eigenvalue weighted by Gasteiger charge is -2.36. The van der Waals surface area contributed by atoms with Crippen LogP contribution in [-0.4, -0.2) is 47.6 Å². The Hall–Kier alpha value is -2.52. The molecule has 0 saturated heterocycles. The molecule has 2 heterocycles. The van der Waals surface area contributed by atoms with Crippen LogP contribution in [0.4, 0.5) is 5.69 Å². The van der Waals surface area contributed by atoms with Crippen LogP contribution in [0.2, 0.25) is 5.02 Å². The Kier molecular flexibility index (Phi) is 6.22. The van der Waals surface area contributed by atoms with Gasteiger partial charge in [0.2, 0.25) is 5.91 Å². The molecule has 2 aromatic carbocycles. The van der Waals surface area contributed by atoms with Crippen molar-refractivity contribution in [3.05, 3.63) is 71.0 Å². The molecular weight excluding hydrogens is 448 g/mol. The Morgan fingerprint density at radius 2 is 1.97 bits per heavy atom. The highest BCUT2D eigenvalue weighted by Gasteiger charge is 2.38. The number of carbonyl (C=O) groups is 1. The predicted octanol–water partition coefficient (Wildman–Crippen LogP) is 4.01. The van der Waals surface area contributed by atoms with Gasteiger partial charge in [0.1, 0.15) is 0 Å². The van der Waals surface area contributed by atoms with Crippen LogP contribution in [0.25, 0.3) is 10.8 Å². The average molecular weight is 473 g/mol. The van der Waals surface area contributed by atoms with Gasteiger partial charge in [-0.1, -0.05) is 41.9 Å². The van der Waals surface area contributed by atoms with E-state index in [0.717, 1.165) is 21.9 Å². The van der Waals surface area contributed by atoms with E-state index in [2.05, 4.69) is 10.3 Å². The number of hydrogen-bond donors (Lipinski definition) is 1. The molecule has 9 heteroatoms. The van der Waals surface area contributed by atoms with Gasteiger partial charge in [-0.25, -0.2) is 0 Å². The van der Waals surface area contributed by atoms with Crippen molar-refractivity contribution < 1.29 is 13.2 Å². The molecule has 4 rings (SSSR count). The minimum absolute atomic E-state index is 0.0246. The highest BCUT2D eigenvalue weighted by Crippen LogP contribution is 2.34. The van der Waals surface area contributed by atoms with E-state index in [0.29, 0.717) is 10.7 Å². The highest BCUT2D eigenvalue weighted by molar-refractivity contribution is 7.86. The van der Waals surface area contributed by atoms with Crippen LogP contribution in [0.15, 0.2) is 54.9 Å². The molecule has 1 amide bonds. The van der Waals surface area contributed by atoms with E-state index in [4.69, 9.17) is 11.6 Å². The third kappa shape index (κ3) is 4.23. The summed E-state index contributed by atoms with van der Waals surface area (Å²) < 4.78 is 29.1. The first-order chi connectivity index (χ1) is 15.2. The summed E-state index contributed by atoms with van der Waals surface area (Å²) in [6.45, 7) is 3.84. The summed E-state index contributed by atoms with van der Waals surface area (Å²) in [4.78, 5) is 17.7. The van der Waals surface area contributed by atoms with E-state index in [-0.39, 0.29) is 25.0 Å². The summed E-state index contributed by atoms with van der Waals surface area (Å²) in [6.07, 6.45) is 3.33. The molecule has 1 aliphatic heterocycles. The Labute approximate surface area is 193 Å². The van der Waals surface area contributed by atoms with Crippen LogP contribution in [0, 0.1) is 0 Å². The molecule has 1 unspecified atom stereocenters. The van der Waals surface area contributed by atoms with E-state index >= 15 is 0 Å². The molecule has 1 aromatic heterocycles. The van der Waals surface area contributed by atoms with Crippen molar-refractivity contribution in [3.8, 4) is 0 Å². The van der Waals surface area contributed by atoms with Crippen LogP contribution < -0.4 is 5.32 Å². The number of hydrogen-bond acceptors (Lipinski definition) is 4. The third-order valence-electron chi connectivity index (χ3n) is 5.88. The summed E-state index contributed by atoms with van der Waals surface area (Å²) in [5, 5.41) is 5.23. The minimum atomic E-state index is -3.75. The lowest BCUT2D eigenvalue weighted by molar-refractivity contribution is -0.118. The van der Waals surface area contributed by atoms with Gasteiger partial charge in [0.15, 0.2) is 0 Å². The van der Waals surface area contributed by atoms with Crippen LogP contribution in [0.1, 0.15) is 30.9 Å². The standard InChI is InChI=1S/C23H25ClN4O3S/c1-15(2)27(3)32(30,31)28-13-17-8-9-18(24)10-20(17)21(14-28)23(29)26-22-12-25-11-16-6-4-5-7-19(16)22/h4-12,15,21H,13-14H2,1-3H3,(H,26,29).